The van der Waals surface area contributed by atoms with Gasteiger partial charge in [0.05, 0.1) is 11.1 Å². The zero-order valence-electron chi connectivity index (χ0n) is 12.0. The first kappa shape index (κ1) is 15.4. The van der Waals surface area contributed by atoms with Gasteiger partial charge in [0, 0.05) is 13.1 Å². The van der Waals surface area contributed by atoms with Crippen molar-refractivity contribution in [3.8, 4) is 22.9 Å². The maximum Gasteiger partial charge on any atom is 0.417 e. The molecule has 3 rings (SSSR count). The van der Waals surface area contributed by atoms with Crippen molar-refractivity contribution >= 4 is 0 Å². The number of alkyl halides is 3. The summed E-state index contributed by atoms with van der Waals surface area (Å²) in [4.78, 5) is 0. The molecule has 118 valence electrons. The number of hydrogen-bond donors (Lipinski definition) is 1. The lowest BCUT2D eigenvalue weighted by Crippen LogP contribution is -2.50. The molecule has 1 saturated heterocycles. The topological polar surface area (TPSA) is 45.0 Å². The van der Waals surface area contributed by atoms with Crippen LogP contribution < -0.4 is 10.1 Å². The van der Waals surface area contributed by atoms with Crippen molar-refractivity contribution in [1.29, 1.82) is 5.26 Å². The van der Waals surface area contributed by atoms with Crippen LogP contribution in [0.1, 0.15) is 11.1 Å². The van der Waals surface area contributed by atoms with Gasteiger partial charge in [-0.1, -0.05) is 24.3 Å². The van der Waals surface area contributed by atoms with E-state index in [1.165, 1.54) is 30.3 Å². The molecule has 1 fully saturated rings. The number of benzene rings is 2. The van der Waals surface area contributed by atoms with E-state index in [9.17, 15) is 13.2 Å². The first-order valence-corrected chi connectivity index (χ1v) is 7.07. The molecular weight excluding hydrogens is 305 g/mol. The molecule has 6 heteroatoms. The molecule has 1 aliphatic rings. The predicted molar refractivity (Wildman–Crippen MR) is 78.9 cm³/mol. The Bertz CT molecular complexity index is 761. The van der Waals surface area contributed by atoms with Crippen LogP contribution >= 0.6 is 0 Å². The molecule has 0 aliphatic carbocycles. The standard InChI is InChI=1S/C17H13F3N2O/c18-17(19,20)15-4-2-1-3-14(15)11-5-6-12(8-21)16(7-11)23-13-9-22-10-13/h1-7,13,22H,9-10H2. The highest BCUT2D eigenvalue weighted by molar-refractivity contribution is 5.71. The van der Waals surface area contributed by atoms with E-state index in [0.29, 0.717) is 30.0 Å². The van der Waals surface area contributed by atoms with Gasteiger partial charge in [0.15, 0.2) is 0 Å². The number of nitriles is 1. The fourth-order valence-electron chi connectivity index (χ4n) is 2.39. The molecular formula is C17H13F3N2O. The van der Waals surface area contributed by atoms with Crippen molar-refractivity contribution in [2.45, 2.75) is 12.3 Å². The molecule has 0 saturated carbocycles. The van der Waals surface area contributed by atoms with Crippen molar-refractivity contribution in [1.82, 2.24) is 5.32 Å². The molecule has 2 aromatic rings. The lowest BCUT2D eigenvalue weighted by Gasteiger charge is -2.28. The second-order valence-corrected chi connectivity index (χ2v) is 5.26. The molecule has 1 heterocycles. The van der Waals surface area contributed by atoms with Gasteiger partial charge >= 0.3 is 6.18 Å². The largest absolute Gasteiger partial charge is 0.486 e. The van der Waals surface area contributed by atoms with Crippen LogP contribution in [0.5, 0.6) is 5.75 Å². The predicted octanol–water partition coefficient (Wildman–Crippen LogP) is 3.59. The van der Waals surface area contributed by atoms with Gasteiger partial charge in [-0.05, 0) is 29.3 Å². The summed E-state index contributed by atoms with van der Waals surface area (Å²) in [5.74, 6) is 0.313. The Labute approximate surface area is 131 Å². The molecule has 0 spiro atoms. The number of nitrogens with one attached hydrogen (secondary N) is 1. The molecule has 0 bridgehead atoms. The quantitative estimate of drug-likeness (QED) is 0.940. The summed E-state index contributed by atoms with van der Waals surface area (Å²) in [6.45, 7) is 1.32. The van der Waals surface area contributed by atoms with E-state index in [-0.39, 0.29) is 11.7 Å². The average Bonchev–Trinajstić information content (AvgIpc) is 2.50. The zero-order valence-corrected chi connectivity index (χ0v) is 12.0. The minimum Gasteiger partial charge on any atom is -0.486 e. The van der Waals surface area contributed by atoms with Gasteiger partial charge in [0.25, 0.3) is 0 Å². The van der Waals surface area contributed by atoms with Crippen LogP contribution in [0.2, 0.25) is 0 Å². The maximum atomic E-state index is 13.2. The van der Waals surface area contributed by atoms with E-state index in [1.807, 2.05) is 6.07 Å². The van der Waals surface area contributed by atoms with E-state index < -0.39 is 11.7 Å². The molecule has 0 unspecified atom stereocenters. The van der Waals surface area contributed by atoms with Crippen LogP contribution in [0.3, 0.4) is 0 Å². The fourth-order valence-corrected chi connectivity index (χ4v) is 2.39. The Kier molecular flexibility index (Phi) is 3.97. The van der Waals surface area contributed by atoms with E-state index in [4.69, 9.17) is 10.00 Å². The van der Waals surface area contributed by atoms with E-state index in [1.54, 1.807) is 6.07 Å². The Morgan fingerprint density at radius 3 is 2.48 bits per heavy atom. The Hall–Kier alpha value is -2.52. The summed E-state index contributed by atoms with van der Waals surface area (Å²) < 4.78 is 45.2. The van der Waals surface area contributed by atoms with Crippen molar-refractivity contribution in [2.24, 2.45) is 0 Å². The second kappa shape index (κ2) is 5.94. The smallest absolute Gasteiger partial charge is 0.417 e. The normalized spacial score (nSPS) is 14.9. The number of halogens is 3. The molecule has 0 aromatic heterocycles. The summed E-state index contributed by atoms with van der Waals surface area (Å²) in [5.41, 5.74) is 0.0476. The van der Waals surface area contributed by atoms with E-state index >= 15 is 0 Å². The van der Waals surface area contributed by atoms with Gasteiger partial charge in [-0.3, -0.25) is 0 Å². The molecule has 0 amide bonds. The minimum absolute atomic E-state index is 0.0600. The first-order chi connectivity index (χ1) is 11.0. The van der Waals surface area contributed by atoms with Gasteiger partial charge in [-0.25, -0.2) is 0 Å². The zero-order chi connectivity index (χ0) is 16.4. The molecule has 0 atom stereocenters. The van der Waals surface area contributed by atoms with E-state index in [0.717, 1.165) is 6.07 Å². The fraction of sp³-hybridized carbons (Fsp3) is 0.235. The van der Waals surface area contributed by atoms with E-state index in [2.05, 4.69) is 5.32 Å². The molecule has 3 nitrogen and oxygen atoms in total. The number of nitrogens with zero attached hydrogens (tertiary/aromatic N) is 1. The van der Waals surface area contributed by atoms with Gasteiger partial charge in [0.1, 0.15) is 17.9 Å². The molecule has 1 aliphatic heterocycles. The van der Waals surface area contributed by atoms with Gasteiger partial charge in [0.2, 0.25) is 0 Å². The number of ether oxygens (including phenoxy) is 1. The Morgan fingerprint density at radius 1 is 1.13 bits per heavy atom. The Balaban J connectivity index is 2.04. The molecule has 0 radical (unpaired) electrons. The first-order valence-electron chi connectivity index (χ1n) is 7.07. The number of rotatable bonds is 3. The summed E-state index contributed by atoms with van der Waals surface area (Å²) in [5, 5.41) is 12.2. The summed E-state index contributed by atoms with van der Waals surface area (Å²) >= 11 is 0. The SMILES string of the molecule is N#Cc1ccc(-c2ccccc2C(F)(F)F)cc1OC1CNC1. The highest BCUT2D eigenvalue weighted by Crippen LogP contribution is 2.38. The average molecular weight is 318 g/mol. The van der Waals surface area contributed by atoms with Crippen molar-refractivity contribution in [3.05, 3.63) is 53.6 Å². The molecule has 1 N–H and O–H groups in total. The molecule has 2 aromatic carbocycles. The lowest BCUT2D eigenvalue weighted by atomic mass is 9.98. The lowest BCUT2D eigenvalue weighted by molar-refractivity contribution is -0.137. The third-order valence-corrected chi connectivity index (χ3v) is 3.68. The van der Waals surface area contributed by atoms with Crippen LogP contribution in [-0.4, -0.2) is 19.2 Å². The van der Waals surface area contributed by atoms with Crippen molar-refractivity contribution in [2.75, 3.05) is 13.1 Å². The summed E-state index contributed by atoms with van der Waals surface area (Å²) in [6.07, 6.45) is -4.50. The van der Waals surface area contributed by atoms with Gasteiger partial charge < -0.3 is 10.1 Å². The maximum absolute atomic E-state index is 13.2. The van der Waals surface area contributed by atoms with Gasteiger partial charge in [-0.2, -0.15) is 18.4 Å². The number of hydrogen-bond acceptors (Lipinski definition) is 3. The minimum atomic E-state index is -4.44. The second-order valence-electron chi connectivity index (χ2n) is 5.26. The van der Waals surface area contributed by atoms with Crippen LogP contribution in [0.15, 0.2) is 42.5 Å². The van der Waals surface area contributed by atoms with Crippen molar-refractivity contribution < 1.29 is 17.9 Å². The third-order valence-electron chi connectivity index (χ3n) is 3.68. The van der Waals surface area contributed by atoms with Crippen molar-refractivity contribution in [3.63, 3.8) is 0 Å². The Morgan fingerprint density at radius 2 is 1.87 bits per heavy atom. The monoisotopic (exact) mass is 318 g/mol. The summed E-state index contributed by atoms with van der Waals surface area (Å²) in [7, 11) is 0. The van der Waals surface area contributed by atoms with Crippen LogP contribution in [0, 0.1) is 11.3 Å². The highest BCUT2D eigenvalue weighted by Gasteiger charge is 2.33. The van der Waals surface area contributed by atoms with Gasteiger partial charge in [-0.15, -0.1) is 0 Å². The highest BCUT2D eigenvalue weighted by atomic mass is 19.4. The van der Waals surface area contributed by atoms with Crippen LogP contribution in [0.4, 0.5) is 13.2 Å². The molecule has 23 heavy (non-hydrogen) atoms. The van der Waals surface area contributed by atoms with Crippen LogP contribution in [0.25, 0.3) is 11.1 Å². The summed E-state index contributed by atoms with van der Waals surface area (Å²) in [6, 6.07) is 11.9. The van der Waals surface area contributed by atoms with Crippen LogP contribution in [-0.2, 0) is 6.18 Å². The third kappa shape index (κ3) is 3.15.